The van der Waals surface area contributed by atoms with Gasteiger partial charge in [0.15, 0.2) is 0 Å². The quantitative estimate of drug-likeness (QED) is 0.138. The van der Waals surface area contributed by atoms with Crippen molar-refractivity contribution in [3.8, 4) is 0 Å². The maximum Gasteiger partial charge on any atom is 0.673 e. The fourth-order valence-electron chi connectivity index (χ4n) is 4.47. The summed E-state index contributed by atoms with van der Waals surface area (Å²) in [6.45, 7) is 19.3. The van der Waals surface area contributed by atoms with Crippen LogP contribution in [0.2, 0.25) is 0 Å². The van der Waals surface area contributed by atoms with E-state index in [1.807, 2.05) is 0 Å². The highest BCUT2D eigenvalue weighted by molar-refractivity contribution is 6.50. The van der Waals surface area contributed by atoms with E-state index >= 15 is 0 Å². The molecule has 0 bridgehead atoms. The summed E-state index contributed by atoms with van der Waals surface area (Å²) >= 11 is 0. The second-order valence-corrected chi connectivity index (χ2v) is 8.90. The Bertz CT molecular complexity index is 464. The van der Waals surface area contributed by atoms with E-state index in [-0.39, 0.29) is 0 Å². The molecule has 0 radical (unpaired) electrons. The zero-order valence-electron chi connectivity index (χ0n) is 21.0. The molecule has 0 aromatic rings. The number of hydrogen-bond donors (Lipinski definition) is 0. The first-order valence-electron chi connectivity index (χ1n) is 12.4. The van der Waals surface area contributed by atoms with Gasteiger partial charge in [-0.2, -0.15) is 0 Å². The van der Waals surface area contributed by atoms with Crippen molar-refractivity contribution >= 4 is 14.5 Å². The normalized spacial score (nSPS) is 19.0. The number of hydrogen-bond acceptors (Lipinski definition) is 3. The number of ether oxygens (including phenoxy) is 3. The lowest BCUT2D eigenvalue weighted by atomic mass is 10.3. The van der Waals surface area contributed by atoms with Crippen LogP contribution in [0.4, 0.5) is 34.5 Å². The van der Waals surface area contributed by atoms with Crippen LogP contribution in [-0.2, 0) is 14.2 Å². The Labute approximate surface area is 204 Å². The smallest absolute Gasteiger partial charge is 0.418 e. The lowest BCUT2D eigenvalue weighted by Gasteiger charge is -2.32. The van der Waals surface area contributed by atoms with Gasteiger partial charge < -0.3 is 57.7 Å². The molecular weight excluding hydrogens is 490 g/mol. The van der Waals surface area contributed by atoms with Crippen LogP contribution in [0.5, 0.6) is 0 Å². The molecule has 0 spiro atoms. The second kappa shape index (κ2) is 17.8. The number of likely N-dealkylation sites (N-methyl/N-ethyl adjacent to an activating group) is 2. The minimum Gasteiger partial charge on any atom is -0.418 e. The molecule has 212 valence electrons. The lowest BCUT2D eigenvalue weighted by Crippen LogP contribution is -2.47. The summed E-state index contributed by atoms with van der Waals surface area (Å²) in [5.74, 6) is 0. The van der Waals surface area contributed by atoms with Crippen LogP contribution in [-0.4, -0.2) is 115 Å². The Morgan fingerprint density at radius 1 is 0.486 bits per heavy atom. The van der Waals surface area contributed by atoms with Gasteiger partial charge in [0.05, 0.1) is 78.9 Å². The number of quaternary nitrogens is 2. The van der Waals surface area contributed by atoms with Crippen LogP contribution in [0.15, 0.2) is 0 Å². The van der Waals surface area contributed by atoms with Crippen molar-refractivity contribution in [2.45, 2.75) is 39.5 Å². The van der Waals surface area contributed by atoms with Gasteiger partial charge in [-0.3, -0.25) is 0 Å². The average Bonchev–Trinajstić information content (AvgIpc) is 3.40. The van der Waals surface area contributed by atoms with Crippen molar-refractivity contribution in [2.24, 2.45) is 0 Å². The maximum atomic E-state index is 9.75. The third-order valence-corrected chi connectivity index (χ3v) is 6.54. The summed E-state index contributed by atoms with van der Waals surface area (Å²) in [4.78, 5) is 0. The minimum absolute atomic E-state index is 0.685. The zero-order valence-corrected chi connectivity index (χ0v) is 21.0. The Hall–Kier alpha value is -0.630. The molecule has 0 unspecified atom stereocenters. The van der Waals surface area contributed by atoms with Gasteiger partial charge in [-0.15, -0.1) is 0 Å². The van der Waals surface area contributed by atoms with Crippen LogP contribution in [0.25, 0.3) is 0 Å². The minimum atomic E-state index is -6.00. The van der Waals surface area contributed by atoms with Crippen molar-refractivity contribution in [2.75, 3.05) is 92.0 Å². The molecule has 2 rings (SSSR count). The molecular formula is C20H42B2F8N2O3. The molecule has 2 saturated heterocycles. The highest BCUT2D eigenvalue weighted by atomic mass is 19.5. The van der Waals surface area contributed by atoms with E-state index in [4.69, 9.17) is 14.2 Å². The summed E-state index contributed by atoms with van der Waals surface area (Å²) in [5, 5.41) is 0. The second-order valence-electron chi connectivity index (χ2n) is 8.90. The molecule has 0 N–H and O–H groups in total. The molecule has 2 fully saturated rings. The van der Waals surface area contributed by atoms with Crippen molar-refractivity contribution in [3.63, 3.8) is 0 Å². The molecule has 0 aromatic carbocycles. The van der Waals surface area contributed by atoms with Crippen molar-refractivity contribution < 1.29 is 57.7 Å². The fraction of sp³-hybridized carbons (Fsp3) is 1.00. The standard InChI is InChI=1S/C20H42N2O3.2BF4/c1-3-21(9-5-6-10-21)13-15-23-17-19-25-20-18-24-16-14-22(4-2)11-7-8-12-22;2*2-1(3,4)5/h3-20H2,1-2H3;;/q+2;2*-1. The first-order chi connectivity index (χ1) is 16.2. The predicted octanol–water partition coefficient (Wildman–Crippen LogP) is 4.90. The monoisotopic (exact) mass is 532 g/mol. The van der Waals surface area contributed by atoms with Gasteiger partial charge in [-0.1, -0.05) is 0 Å². The van der Waals surface area contributed by atoms with Crippen molar-refractivity contribution in [1.29, 1.82) is 0 Å². The molecule has 35 heavy (non-hydrogen) atoms. The highest BCUT2D eigenvalue weighted by Gasteiger charge is 2.30. The van der Waals surface area contributed by atoms with Gasteiger partial charge in [0, 0.05) is 25.7 Å². The first-order valence-corrected chi connectivity index (χ1v) is 12.4. The fourth-order valence-corrected chi connectivity index (χ4v) is 4.47. The Kier molecular flexibility index (Phi) is 17.4. The summed E-state index contributed by atoms with van der Waals surface area (Å²) < 4.78 is 97.7. The summed E-state index contributed by atoms with van der Waals surface area (Å²) in [5.41, 5.74) is 0. The van der Waals surface area contributed by atoms with E-state index in [0.29, 0.717) is 26.4 Å². The molecule has 0 saturated carbocycles. The van der Waals surface area contributed by atoms with Crippen molar-refractivity contribution in [3.05, 3.63) is 0 Å². The zero-order chi connectivity index (χ0) is 26.8. The van der Waals surface area contributed by atoms with Crippen molar-refractivity contribution in [1.82, 2.24) is 0 Å². The molecule has 2 heterocycles. The Balaban J connectivity index is 0.000000975. The third kappa shape index (κ3) is 21.2. The largest absolute Gasteiger partial charge is 0.673 e. The summed E-state index contributed by atoms with van der Waals surface area (Å²) in [6, 6.07) is 0. The average molecular weight is 532 g/mol. The van der Waals surface area contributed by atoms with Crippen LogP contribution in [0, 0.1) is 0 Å². The molecule has 0 atom stereocenters. The number of rotatable bonds is 14. The Morgan fingerprint density at radius 3 is 0.943 bits per heavy atom. The Morgan fingerprint density at radius 2 is 0.714 bits per heavy atom. The van der Waals surface area contributed by atoms with Crippen LogP contribution >= 0.6 is 0 Å². The molecule has 0 aliphatic carbocycles. The van der Waals surface area contributed by atoms with Gasteiger partial charge in [-0.25, -0.2) is 0 Å². The molecule has 2 aliphatic heterocycles. The van der Waals surface area contributed by atoms with E-state index < -0.39 is 14.5 Å². The van der Waals surface area contributed by atoms with E-state index in [0.717, 1.165) is 26.3 Å². The van der Waals surface area contributed by atoms with Crippen LogP contribution in [0.1, 0.15) is 39.5 Å². The number of halogens is 8. The van der Waals surface area contributed by atoms with Crippen LogP contribution < -0.4 is 0 Å². The molecule has 15 heteroatoms. The third-order valence-electron chi connectivity index (χ3n) is 6.54. The topological polar surface area (TPSA) is 27.7 Å². The van der Waals surface area contributed by atoms with Gasteiger partial charge in [0.1, 0.15) is 13.1 Å². The van der Waals surface area contributed by atoms with Gasteiger partial charge >= 0.3 is 14.5 Å². The molecule has 2 aliphatic rings. The van der Waals surface area contributed by atoms with E-state index in [2.05, 4.69) is 13.8 Å². The number of nitrogens with zero attached hydrogens (tertiary/aromatic N) is 2. The molecule has 0 aromatic heterocycles. The lowest BCUT2D eigenvalue weighted by molar-refractivity contribution is -0.915. The molecule has 0 amide bonds. The molecule has 5 nitrogen and oxygen atoms in total. The summed E-state index contributed by atoms with van der Waals surface area (Å²) in [6.07, 6.45) is 5.54. The highest BCUT2D eigenvalue weighted by Crippen LogP contribution is 2.19. The van der Waals surface area contributed by atoms with E-state index in [1.165, 1.54) is 73.9 Å². The number of likely N-dealkylation sites (tertiary alicyclic amines) is 2. The summed E-state index contributed by atoms with van der Waals surface area (Å²) in [7, 11) is -12.0. The van der Waals surface area contributed by atoms with Gasteiger partial charge in [0.2, 0.25) is 0 Å². The SMILES string of the molecule is CC[N+]1(CCOCCOCCOCC[N+]2(CC)CCCC2)CCCC1.F[B-](F)(F)F.F[B-](F)(F)F. The van der Waals surface area contributed by atoms with Gasteiger partial charge in [-0.05, 0) is 13.8 Å². The van der Waals surface area contributed by atoms with Crippen LogP contribution in [0.3, 0.4) is 0 Å². The maximum absolute atomic E-state index is 9.75. The van der Waals surface area contributed by atoms with E-state index in [1.54, 1.807) is 0 Å². The first kappa shape index (κ1) is 34.4. The predicted molar refractivity (Wildman–Crippen MR) is 122 cm³/mol. The van der Waals surface area contributed by atoms with E-state index in [9.17, 15) is 34.5 Å². The van der Waals surface area contributed by atoms with Gasteiger partial charge in [0.25, 0.3) is 0 Å².